The largest absolute Gasteiger partial charge is 0.490 e. The molecule has 1 aliphatic heterocycles. The topological polar surface area (TPSA) is 135 Å². The molecule has 3 heterocycles. The van der Waals surface area contributed by atoms with Gasteiger partial charge in [-0.2, -0.15) is 31.4 Å². The molecule has 0 spiro atoms. The maximum atomic E-state index is 12.1. The molecule has 216 valence electrons. The minimum atomic E-state index is -5.08. The Morgan fingerprint density at radius 3 is 2.13 bits per heavy atom. The molecule has 2 aliphatic rings. The van der Waals surface area contributed by atoms with Gasteiger partial charge in [-0.15, -0.1) is 0 Å². The van der Waals surface area contributed by atoms with Crippen LogP contribution in [0.3, 0.4) is 0 Å². The highest BCUT2D eigenvalue weighted by Crippen LogP contribution is 2.33. The maximum Gasteiger partial charge on any atom is 0.490 e. The fourth-order valence-electron chi connectivity index (χ4n) is 3.39. The lowest BCUT2D eigenvalue weighted by Crippen LogP contribution is -2.36. The summed E-state index contributed by atoms with van der Waals surface area (Å²) in [6.45, 7) is 4.77. The van der Waals surface area contributed by atoms with E-state index in [0.29, 0.717) is 19.6 Å². The Morgan fingerprint density at radius 1 is 1.08 bits per heavy atom. The van der Waals surface area contributed by atoms with Crippen LogP contribution in [-0.4, -0.2) is 66.6 Å². The van der Waals surface area contributed by atoms with Crippen LogP contribution in [0.1, 0.15) is 43.1 Å². The molecule has 2 N–H and O–H groups in total. The van der Waals surface area contributed by atoms with Crippen LogP contribution in [0.4, 0.5) is 26.3 Å². The van der Waals surface area contributed by atoms with E-state index in [-0.39, 0.29) is 5.91 Å². The van der Waals surface area contributed by atoms with Gasteiger partial charge in [-0.3, -0.25) is 14.5 Å². The van der Waals surface area contributed by atoms with Crippen LogP contribution in [0.15, 0.2) is 24.5 Å². The molecule has 10 nitrogen and oxygen atoms in total. The number of alkyl halides is 6. The first-order chi connectivity index (χ1) is 18.1. The number of rotatable bonds is 6. The number of carbonyl (C=O) groups excluding carboxylic acids is 1. The van der Waals surface area contributed by atoms with Crippen molar-refractivity contribution in [2.45, 2.75) is 64.7 Å². The summed E-state index contributed by atoms with van der Waals surface area (Å²) in [7, 11) is 0. The van der Waals surface area contributed by atoms with Crippen LogP contribution < -0.4 is 4.74 Å². The monoisotopic (exact) mass is 568 g/mol. The van der Waals surface area contributed by atoms with Crippen LogP contribution in [0.2, 0.25) is 0 Å². The van der Waals surface area contributed by atoms with Gasteiger partial charge in [-0.05, 0) is 30.9 Å². The molecule has 0 radical (unpaired) electrons. The van der Waals surface area contributed by atoms with Crippen LogP contribution in [0, 0.1) is 5.92 Å². The first-order valence-corrected chi connectivity index (χ1v) is 11.6. The van der Waals surface area contributed by atoms with Gasteiger partial charge in [0, 0.05) is 49.9 Å². The highest BCUT2D eigenvalue weighted by atomic mass is 19.4. The molecule has 1 saturated carbocycles. The zero-order valence-corrected chi connectivity index (χ0v) is 20.6. The Kier molecular flexibility index (Phi) is 10.7. The zero-order chi connectivity index (χ0) is 29.4. The van der Waals surface area contributed by atoms with Crippen molar-refractivity contribution in [1.29, 1.82) is 0 Å². The second-order valence-electron chi connectivity index (χ2n) is 8.50. The summed E-state index contributed by atoms with van der Waals surface area (Å²) in [6, 6.07) is 3.76. The van der Waals surface area contributed by atoms with Gasteiger partial charge in [0.05, 0.1) is 6.20 Å². The summed E-state index contributed by atoms with van der Waals surface area (Å²) in [6.07, 6.45) is -2.69. The number of nitrogens with zero attached hydrogens (tertiary/aromatic N) is 4. The average Bonchev–Trinajstić information content (AvgIpc) is 3.62. The molecular weight excluding hydrogens is 542 g/mol. The van der Waals surface area contributed by atoms with Crippen molar-refractivity contribution >= 4 is 17.8 Å². The molecule has 39 heavy (non-hydrogen) atoms. The molecule has 4 rings (SSSR count). The average molecular weight is 568 g/mol. The van der Waals surface area contributed by atoms with Gasteiger partial charge in [0.2, 0.25) is 5.91 Å². The number of halogens is 6. The van der Waals surface area contributed by atoms with E-state index in [1.807, 2.05) is 24.0 Å². The number of hydrogen-bond donors (Lipinski definition) is 2. The Hall–Kier alpha value is -3.85. The van der Waals surface area contributed by atoms with E-state index in [1.165, 1.54) is 24.1 Å². The van der Waals surface area contributed by atoms with Crippen LogP contribution in [-0.2, 0) is 40.5 Å². The molecule has 0 saturated heterocycles. The molecule has 0 aromatic carbocycles. The molecule has 2 aromatic rings. The molecule has 1 amide bonds. The van der Waals surface area contributed by atoms with Crippen molar-refractivity contribution < 1.29 is 55.7 Å². The fraction of sp³-hybridized carbons (Fsp3) is 0.522. The Bertz CT molecular complexity index is 1110. The lowest BCUT2D eigenvalue weighted by atomic mass is 10.0. The quantitative estimate of drug-likeness (QED) is 0.503. The first-order valence-electron chi connectivity index (χ1n) is 11.6. The highest BCUT2D eigenvalue weighted by molar-refractivity contribution is 5.76. The molecular formula is C23H26F6N4O6. The smallest absolute Gasteiger partial charge is 0.486 e. The fourth-order valence-corrected chi connectivity index (χ4v) is 3.39. The molecule has 2 aromatic heterocycles. The standard InChI is InChI=1S/C19H24N4O2.2C2HF3O2/c1-2-19(24)22-9-7-18-16(12-22)17(21-23(18)11-14-5-6-14)13-25-15-4-3-8-20-10-15;2*3-2(4,5)1(6)7/h3-4,8,10,14H,2,5-7,9,11-13H2,1H3;2*(H,6,7). The first kappa shape index (κ1) is 31.4. The van der Waals surface area contributed by atoms with Gasteiger partial charge in [-0.1, -0.05) is 6.92 Å². The normalized spacial score (nSPS) is 14.7. The summed E-state index contributed by atoms with van der Waals surface area (Å²) in [5.74, 6) is -3.79. The van der Waals surface area contributed by atoms with Gasteiger partial charge in [0.15, 0.2) is 0 Å². The van der Waals surface area contributed by atoms with E-state index >= 15 is 0 Å². The molecule has 0 atom stereocenters. The minimum absolute atomic E-state index is 0.208. The zero-order valence-electron chi connectivity index (χ0n) is 20.6. The molecule has 1 aliphatic carbocycles. The number of aromatic nitrogens is 3. The van der Waals surface area contributed by atoms with Crippen molar-refractivity contribution in [1.82, 2.24) is 19.7 Å². The number of aliphatic carboxylic acids is 2. The number of hydrogen-bond acceptors (Lipinski definition) is 6. The third-order valence-electron chi connectivity index (χ3n) is 5.50. The van der Waals surface area contributed by atoms with Gasteiger partial charge in [0.25, 0.3) is 0 Å². The molecule has 1 fully saturated rings. The van der Waals surface area contributed by atoms with Crippen molar-refractivity contribution in [2.24, 2.45) is 5.92 Å². The number of pyridine rings is 1. The molecule has 0 bridgehead atoms. The van der Waals surface area contributed by atoms with Gasteiger partial charge in [-0.25, -0.2) is 9.59 Å². The van der Waals surface area contributed by atoms with Crippen molar-refractivity contribution in [2.75, 3.05) is 6.54 Å². The molecule has 0 unspecified atom stereocenters. The Balaban J connectivity index is 0.000000317. The second-order valence-corrected chi connectivity index (χ2v) is 8.50. The summed E-state index contributed by atoms with van der Waals surface area (Å²) in [5.41, 5.74) is 3.42. The SMILES string of the molecule is CCC(=O)N1CCc2c(c(COc3cccnc3)nn2CC2CC2)C1.O=C(O)C(F)(F)F.O=C(O)C(F)(F)F. The third kappa shape index (κ3) is 10.1. The summed E-state index contributed by atoms with van der Waals surface area (Å²) in [5, 5.41) is 19.1. The minimum Gasteiger partial charge on any atom is -0.486 e. The number of ether oxygens (including phenoxy) is 1. The Labute approximate surface area is 218 Å². The van der Waals surface area contributed by atoms with E-state index in [0.717, 1.165) is 36.9 Å². The van der Waals surface area contributed by atoms with E-state index in [4.69, 9.17) is 29.6 Å². The highest BCUT2D eigenvalue weighted by Gasteiger charge is 2.39. The van der Waals surface area contributed by atoms with Gasteiger partial charge in [0.1, 0.15) is 18.1 Å². The summed E-state index contributed by atoms with van der Waals surface area (Å²) < 4.78 is 71.5. The van der Waals surface area contributed by atoms with E-state index in [9.17, 15) is 31.1 Å². The van der Waals surface area contributed by atoms with Crippen molar-refractivity contribution in [3.8, 4) is 5.75 Å². The van der Waals surface area contributed by atoms with Gasteiger partial charge >= 0.3 is 24.3 Å². The summed E-state index contributed by atoms with van der Waals surface area (Å²) >= 11 is 0. The van der Waals surface area contributed by atoms with Crippen molar-refractivity contribution in [3.05, 3.63) is 41.5 Å². The van der Waals surface area contributed by atoms with Crippen LogP contribution in [0.25, 0.3) is 0 Å². The van der Waals surface area contributed by atoms with Crippen molar-refractivity contribution in [3.63, 3.8) is 0 Å². The number of carboxylic acid groups (broad SMARTS) is 2. The van der Waals surface area contributed by atoms with Crippen LogP contribution >= 0.6 is 0 Å². The predicted molar refractivity (Wildman–Crippen MR) is 120 cm³/mol. The lowest BCUT2D eigenvalue weighted by Gasteiger charge is -2.27. The van der Waals surface area contributed by atoms with Crippen LogP contribution in [0.5, 0.6) is 5.75 Å². The predicted octanol–water partition coefficient (Wildman–Crippen LogP) is 3.83. The van der Waals surface area contributed by atoms with E-state index in [2.05, 4.69) is 9.67 Å². The number of fused-ring (bicyclic) bond motifs is 1. The van der Waals surface area contributed by atoms with E-state index < -0.39 is 24.3 Å². The third-order valence-corrected chi connectivity index (χ3v) is 5.50. The lowest BCUT2D eigenvalue weighted by molar-refractivity contribution is -0.193. The molecule has 16 heteroatoms. The number of amides is 1. The number of carboxylic acids is 2. The Morgan fingerprint density at radius 2 is 1.67 bits per heavy atom. The maximum absolute atomic E-state index is 12.1. The second kappa shape index (κ2) is 13.3. The van der Waals surface area contributed by atoms with Gasteiger partial charge < -0.3 is 19.8 Å². The number of carbonyl (C=O) groups is 3. The summed E-state index contributed by atoms with van der Waals surface area (Å²) in [4.78, 5) is 35.9. The van der Waals surface area contributed by atoms with E-state index in [1.54, 1.807) is 12.4 Å².